The number of carbonyl (C=O) groups is 2. The Morgan fingerprint density at radius 2 is 1.88 bits per heavy atom. The number of aromatic nitrogens is 1. The smallest absolute Gasteiger partial charge is 0.317 e. The van der Waals surface area contributed by atoms with Gasteiger partial charge in [-0.1, -0.05) is 12.1 Å². The standard InChI is InChI=1S/C18H28N4O3/c1-12(16-13(2)20-25-14(16)3)11-19-18(24)22-8-4-7-21(9-10-22)17(23)15-5-6-15/h12,15H,4-11H2,1-3H3,(H,19,24)/t12-/m1/s1. The maximum Gasteiger partial charge on any atom is 0.317 e. The van der Waals surface area contributed by atoms with Crippen LogP contribution in [0.15, 0.2) is 4.52 Å². The molecule has 0 unspecified atom stereocenters. The van der Waals surface area contributed by atoms with Crippen molar-refractivity contribution in [2.45, 2.75) is 46.0 Å². The van der Waals surface area contributed by atoms with Crippen molar-refractivity contribution in [2.75, 3.05) is 32.7 Å². The SMILES string of the molecule is Cc1noc(C)c1[C@H](C)CNC(=O)N1CCCN(C(=O)C2CC2)CC1. The van der Waals surface area contributed by atoms with Gasteiger partial charge >= 0.3 is 6.03 Å². The number of rotatable bonds is 4. The van der Waals surface area contributed by atoms with Crippen molar-refractivity contribution in [3.8, 4) is 0 Å². The number of nitrogens with zero attached hydrogens (tertiary/aromatic N) is 3. The summed E-state index contributed by atoms with van der Waals surface area (Å²) in [6.45, 7) is 9.12. The first-order valence-electron chi connectivity index (χ1n) is 9.21. The van der Waals surface area contributed by atoms with Crippen LogP contribution in [-0.4, -0.2) is 59.6 Å². The van der Waals surface area contributed by atoms with E-state index in [1.165, 1.54) is 0 Å². The average molecular weight is 348 g/mol. The first-order valence-corrected chi connectivity index (χ1v) is 9.21. The van der Waals surface area contributed by atoms with Crippen LogP contribution < -0.4 is 5.32 Å². The zero-order valence-corrected chi connectivity index (χ0v) is 15.4. The lowest BCUT2D eigenvalue weighted by molar-refractivity contribution is -0.132. The van der Waals surface area contributed by atoms with Crippen molar-refractivity contribution >= 4 is 11.9 Å². The summed E-state index contributed by atoms with van der Waals surface area (Å²) in [5.74, 6) is 1.48. The van der Waals surface area contributed by atoms with E-state index in [1.54, 1.807) is 0 Å². The van der Waals surface area contributed by atoms with Gasteiger partial charge in [-0.3, -0.25) is 4.79 Å². The summed E-state index contributed by atoms with van der Waals surface area (Å²) >= 11 is 0. The second-order valence-corrected chi connectivity index (χ2v) is 7.27. The van der Waals surface area contributed by atoms with Crippen LogP contribution in [0, 0.1) is 19.8 Å². The van der Waals surface area contributed by atoms with E-state index in [9.17, 15) is 9.59 Å². The van der Waals surface area contributed by atoms with E-state index in [2.05, 4.69) is 17.4 Å². The molecule has 1 atom stereocenters. The Hall–Kier alpha value is -2.05. The Morgan fingerprint density at radius 1 is 1.20 bits per heavy atom. The van der Waals surface area contributed by atoms with E-state index in [0.717, 1.165) is 42.8 Å². The van der Waals surface area contributed by atoms with Crippen LogP contribution in [0.5, 0.6) is 0 Å². The first kappa shape index (κ1) is 17.8. The van der Waals surface area contributed by atoms with Gasteiger partial charge in [0.25, 0.3) is 0 Å². The minimum absolute atomic E-state index is 0.0562. The molecule has 7 nitrogen and oxygen atoms in total. The lowest BCUT2D eigenvalue weighted by Gasteiger charge is -2.23. The summed E-state index contributed by atoms with van der Waals surface area (Å²) in [6.07, 6.45) is 2.89. The van der Waals surface area contributed by atoms with E-state index < -0.39 is 0 Å². The number of hydrogen-bond donors (Lipinski definition) is 1. The molecule has 0 radical (unpaired) electrons. The van der Waals surface area contributed by atoms with Gasteiger partial charge in [-0.2, -0.15) is 0 Å². The van der Waals surface area contributed by atoms with Gasteiger partial charge in [-0.15, -0.1) is 0 Å². The molecule has 1 aromatic rings. The Kier molecular flexibility index (Phi) is 5.30. The molecule has 0 aromatic carbocycles. The normalized spacial score (nSPS) is 19.5. The van der Waals surface area contributed by atoms with Gasteiger partial charge in [0, 0.05) is 50.1 Å². The van der Waals surface area contributed by atoms with Gasteiger partial charge in [0.2, 0.25) is 5.91 Å². The predicted molar refractivity (Wildman–Crippen MR) is 93.3 cm³/mol. The van der Waals surface area contributed by atoms with Crippen LogP contribution in [0.4, 0.5) is 4.79 Å². The highest BCUT2D eigenvalue weighted by atomic mass is 16.5. The van der Waals surface area contributed by atoms with Gasteiger partial charge in [-0.05, 0) is 33.1 Å². The van der Waals surface area contributed by atoms with Crippen LogP contribution in [0.2, 0.25) is 0 Å². The van der Waals surface area contributed by atoms with Gasteiger partial charge < -0.3 is 19.6 Å². The monoisotopic (exact) mass is 348 g/mol. The average Bonchev–Trinajstić information content (AvgIpc) is 3.40. The number of carbonyl (C=O) groups excluding carboxylic acids is 2. The van der Waals surface area contributed by atoms with Gasteiger partial charge in [-0.25, -0.2) is 4.79 Å². The van der Waals surface area contributed by atoms with Crippen LogP contribution in [0.25, 0.3) is 0 Å². The van der Waals surface area contributed by atoms with Crippen molar-refractivity contribution in [1.82, 2.24) is 20.3 Å². The Balaban J connectivity index is 1.49. The fourth-order valence-electron chi connectivity index (χ4n) is 3.58. The third-order valence-electron chi connectivity index (χ3n) is 5.16. The molecular formula is C18H28N4O3. The summed E-state index contributed by atoms with van der Waals surface area (Å²) in [5, 5.41) is 6.99. The highest BCUT2D eigenvalue weighted by Crippen LogP contribution is 2.31. The molecule has 1 saturated carbocycles. The predicted octanol–water partition coefficient (Wildman–Crippen LogP) is 2.05. The lowest BCUT2D eigenvalue weighted by Crippen LogP contribution is -2.43. The molecule has 1 aliphatic carbocycles. The van der Waals surface area contributed by atoms with Crippen molar-refractivity contribution in [3.63, 3.8) is 0 Å². The number of hydrogen-bond acceptors (Lipinski definition) is 4. The molecule has 0 spiro atoms. The third-order valence-corrected chi connectivity index (χ3v) is 5.16. The molecule has 1 aromatic heterocycles. The molecular weight excluding hydrogens is 320 g/mol. The van der Waals surface area contributed by atoms with Crippen molar-refractivity contribution in [3.05, 3.63) is 17.0 Å². The zero-order chi connectivity index (χ0) is 18.0. The Morgan fingerprint density at radius 3 is 2.52 bits per heavy atom. The zero-order valence-electron chi connectivity index (χ0n) is 15.4. The lowest BCUT2D eigenvalue weighted by atomic mass is 10.00. The summed E-state index contributed by atoms with van der Waals surface area (Å²) in [4.78, 5) is 28.4. The molecule has 2 fully saturated rings. The number of amides is 3. The van der Waals surface area contributed by atoms with Crippen molar-refractivity contribution in [1.29, 1.82) is 0 Å². The van der Waals surface area contributed by atoms with Crippen LogP contribution in [-0.2, 0) is 4.79 Å². The highest BCUT2D eigenvalue weighted by molar-refractivity contribution is 5.81. The molecule has 1 saturated heterocycles. The maximum absolute atomic E-state index is 12.5. The van der Waals surface area contributed by atoms with Gasteiger partial charge in [0.05, 0.1) is 5.69 Å². The molecule has 138 valence electrons. The van der Waals surface area contributed by atoms with Gasteiger partial charge in [0.1, 0.15) is 5.76 Å². The van der Waals surface area contributed by atoms with Crippen LogP contribution >= 0.6 is 0 Å². The van der Waals surface area contributed by atoms with E-state index in [0.29, 0.717) is 26.2 Å². The van der Waals surface area contributed by atoms with Crippen LogP contribution in [0.1, 0.15) is 49.1 Å². The Labute approximate surface area is 148 Å². The molecule has 7 heteroatoms. The molecule has 1 N–H and O–H groups in total. The van der Waals surface area contributed by atoms with E-state index >= 15 is 0 Å². The second-order valence-electron chi connectivity index (χ2n) is 7.27. The molecule has 3 rings (SSSR count). The topological polar surface area (TPSA) is 78.7 Å². The largest absolute Gasteiger partial charge is 0.361 e. The summed E-state index contributed by atoms with van der Waals surface area (Å²) in [5.41, 5.74) is 1.95. The fourth-order valence-corrected chi connectivity index (χ4v) is 3.58. The number of nitrogens with one attached hydrogen (secondary N) is 1. The van der Waals surface area contributed by atoms with Crippen molar-refractivity contribution < 1.29 is 14.1 Å². The quantitative estimate of drug-likeness (QED) is 0.903. The first-order chi connectivity index (χ1) is 12.0. The summed E-state index contributed by atoms with van der Waals surface area (Å²) < 4.78 is 5.20. The highest BCUT2D eigenvalue weighted by Gasteiger charge is 2.34. The van der Waals surface area contributed by atoms with E-state index in [1.807, 2.05) is 23.6 Å². The molecule has 1 aliphatic heterocycles. The molecule has 0 bridgehead atoms. The molecule has 2 aliphatic rings. The molecule has 3 amide bonds. The Bertz CT molecular complexity index is 619. The molecule has 2 heterocycles. The van der Waals surface area contributed by atoms with Gasteiger partial charge in [0.15, 0.2) is 0 Å². The summed E-state index contributed by atoms with van der Waals surface area (Å²) in [7, 11) is 0. The number of urea groups is 1. The minimum Gasteiger partial charge on any atom is -0.361 e. The van der Waals surface area contributed by atoms with Crippen molar-refractivity contribution in [2.24, 2.45) is 5.92 Å². The van der Waals surface area contributed by atoms with E-state index in [-0.39, 0.29) is 23.8 Å². The molecule has 25 heavy (non-hydrogen) atoms. The van der Waals surface area contributed by atoms with E-state index in [4.69, 9.17) is 4.52 Å². The van der Waals surface area contributed by atoms with Crippen LogP contribution in [0.3, 0.4) is 0 Å². The second kappa shape index (κ2) is 7.45. The third kappa shape index (κ3) is 4.14. The fraction of sp³-hybridized carbons (Fsp3) is 0.722. The minimum atomic E-state index is -0.0562. The summed E-state index contributed by atoms with van der Waals surface area (Å²) in [6, 6.07) is -0.0562. The maximum atomic E-state index is 12.5. The number of aryl methyl sites for hydroxylation is 2.